The zero-order valence-corrected chi connectivity index (χ0v) is 13.3. The van der Waals surface area contributed by atoms with Gasteiger partial charge in [0.05, 0.1) is 7.11 Å². The largest absolute Gasteiger partial charge is 0.495 e. The summed E-state index contributed by atoms with van der Waals surface area (Å²) in [4.78, 5) is 11.8. The fourth-order valence-corrected chi connectivity index (χ4v) is 3.13. The number of methoxy groups -OCH3 is 1. The summed E-state index contributed by atoms with van der Waals surface area (Å²) in [6.45, 7) is 0.588. The van der Waals surface area contributed by atoms with Crippen molar-refractivity contribution in [3.8, 4) is 5.75 Å². The molecule has 1 fully saturated rings. The highest BCUT2D eigenvalue weighted by Gasteiger charge is 2.21. The summed E-state index contributed by atoms with van der Waals surface area (Å²) in [6.07, 6.45) is 4.66. The zero-order chi connectivity index (χ0) is 15.5. The Morgan fingerprint density at radius 3 is 2.71 bits per heavy atom. The van der Waals surface area contributed by atoms with Crippen LogP contribution in [0.5, 0.6) is 5.75 Å². The molecule has 0 saturated heterocycles. The van der Waals surface area contributed by atoms with E-state index in [1.54, 1.807) is 0 Å². The van der Waals surface area contributed by atoms with Crippen molar-refractivity contribution in [1.29, 1.82) is 0 Å². The molecule has 0 unspecified atom stereocenters. The van der Waals surface area contributed by atoms with Gasteiger partial charge >= 0.3 is 0 Å². The van der Waals surface area contributed by atoms with E-state index in [-0.39, 0.29) is 22.1 Å². The van der Waals surface area contributed by atoms with Crippen LogP contribution in [0.4, 0.5) is 0 Å². The van der Waals surface area contributed by atoms with E-state index in [9.17, 15) is 13.2 Å². The minimum Gasteiger partial charge on any atom is -0.495 e. The van der Waals surface area contributed by atoms with Crippen molar-refractivity contribution in [2.45, 2.75) is 30.6 Å². The van der Waals surface area contributed by atoms with Crippen LogP contribution in [-0.2, 0) is 9.05 Å². The molecule has 0 bridgehead atoms. The summed E-state index contributed by atoms with van der Waals surface area (Å²) in [5, 5.41) is 2.78. The lowest BCUT2D eigenvalue weighted by Crippen LogP contribution is -2.24. The zero-order valence-electron chi connectivity index (χ0n) is 11.8. The Morgan fingerprint density at radius 2 is 2.14 bits per heavy atom. The lowest BCUT2D eigenvalue weighted by atomic mass is 10.2. The predicted octanol–water partition coefficient (Wildman–Crippen LogP) is 2.54. The third-order valence-electron chi connectivity index (χ3n) is 3.46. The first-order valence-corrected chi connectivity index (χ1v) is 9.13. The first kappa shape index (κ1) is 16.1. The molecule has 0 aliphatic heterocycles. The van der Waals surface area contributed by atoms with Crippen LogP contribution in [0.15, 0.2) is 23.1 Å². The van der Waals surface area contributed by atoms with Gasteiger partial charge < -0.3 is 10.1 Å². The predicted molar refractivity (Wildman–Crippen MR) is 80.3 cm³/mol. The maximum atomic E-state index is 12.0. The molecule has 1 aliphatic carbocycles. The van der Waals surface area contributed by atoms with Crippen molar-refractivity contribution in [3.05, 3.63) is 23.8 Å². The molecule has 0 heterocycles. The number of hydrogen-bond acceptors (Lipinski definition) is 4. The highest BCUT2D eigenvalue weighted by molar-refractivity contribution is 8.13. The third-order valence-corrected chi connectivity index (χ3v) is 4.80. The number of hydrogen-bond donors (Lipinski definition) is 1. The van der Waals surface area contributed by atoms with E-state index in [0.717, 1.165) is 18.8 Å². The third kappa shape index (κ3) is 4.61. The molecular formula is C14H18ClNO4S. The van der Waals surface area contributed by atoms with E-state index in [1.807, 2.05) is 0 Å². The molecule has 1 saturated carbocycles. The Labute approximate surface area is 129 Å². The number of benzene rings is 1. The van der Waals surface area contributed by atoms with Crippen LogP contribution < -0.4 is 10.1 Å². The van der Waals surface area contributed by atoms with Gasteiger partial charge in [-0.3, -0.25) is 4.79 Å². The molecule has 1 aromatic carbocycles. The summed E-state index contributed by atoms with van der Waals surface area (Å²) < 4.78 is 27.9. The Hall–Kier alpha value is -1.27. The van der Waals surface area contributed by atoms with E-state index in [1.165, 1.54) is 38.2 Å². The molecule has 116 valence electrons. The Balaban J connectivity index is 2.02. The van der Waals surface area contributed by atoms with E-state index in [4.69, 9.17) is 15.4 Å². The topological polar surface area (TPSA) is 72.5 Å². The van der Waals surface area contributed by atoms with Crippen molar-refractivity contribution in [1.82, 2.24) is 5.32 Å². The average molecular weight is 332 g/mol. The molecular weight excluding hydrogens is 314 g/mol. The van der Waals surface area contributed by atoms with E-state index in [0.29, 0.717) is 6.54 Å². The molecule has 2 rings (SSSR count). The fourth-order valence-electron chi connectivity index (χ4n) is 2.11. The van der Waals surface area contributed by atoms with Gasteiger partial charge in [-0.15, -0.1) is 0 Å². The number of nitrogens with one attached hydrogen (secondary N) is 1. The summed E-state index contributed by atoms with van der Waals surface area (Å²) in [5.74, 6) is 0.640. The van der Waals surface area contributed by atoms with Crippen molar-refractivity contribution in [2.24, 2.45) is 5.92 Å². The number of carbonyl (C=O) groups is 1. The summed E-state index contributed by atoms with van der Waals surface area (Å²) in [6, 6.07) is 4.17. The van der Waals surface area contributed by atoms with Crippen LogP contribution in [0.2, 0.25) is 0 Å². The van der Waals surface area contributed by atoms with Gasteiger partial charge in [-0.25, -0.2) is 8.42 Å². The molecule has 1 aliphatic rings. The Bertz CT molecular complexity index is 626. The Kier molecular flexibility index (Phi) is 5.11. The lowest BCUT2D eigenvalue weighted by Gasteiger charge is -2.09. The maximum absolute atomic E-state index is 12.0. The van der Waals surface area contributed by atoms with Crippen molar-refractivity contribution >= 4 is 25.6 Å². The average Bonchev–Trinajstić information content (AvgIpc) is 3.26. The Morgan fingerprint density at radius 1 is 1.43 bits per heavy atom. The van der Waals surface area contributed by atoms with Crippen molar-refractivity contribution in [3.63, 3.8) is 0 Å². The molecule has 0 atom stereocenters. The van der Waals surface area contributed by atoms with Gasteiger partial charge in [-0.2, -0.15) is 0 Å². The van der Waals surface area contributed by atoms with Gasteiger partial charge in [-0.05, 0) is 37.0 Å². The fraction of sp³-hybridized carbons (Fsp3) is 0.500. The quantitative estimate of drug-likeness (QED) is 0.615. The van der Waals surface area contributed by atoms with E-state index in [2.05, 4.69) is 5.32 Å². The van der Waals surface area contributed by atoms with Crippen molar-refractivity contribution < 1.29 is 17.9 Å². The lowest BCUT2D eigenvalue weighted by molar-refractivity contribution is 0.0952. The number of ether oxygens (including phenoxy) is 1. The van der Waals surface area contributed by atoms with Crippen molar-refractivity contribution in [2.75, 3.05) is 13.7 Å². The maximum Gasteiger partial charge on any atom is 0.265 e. The van der Waals surface area contributed by atoms with Crippen LogP contribution in [-0.4, -0.2) is 28.0 Å². The van der Waals surface area contributed by atoms with Crippen LogP contribution in [0, 0.1) is 5.92 Å². The van der Waals surface area contributed by atoms with Gasteiger partial charge in [-0.1, -0.05) is 12.8 Å². The van der Waals surface area contributed by atoms with Gasteiger partial charge in [0.15, 0.2) is 0 Å². The monoisotopic (exact) mass is 331 g/mol. The van der Waals surface area contributed by atoms with Gasteiger partial charge in [0.2, 0.25) is 0 Å². The van der Waals surface area contributed by atoms with E-state index >= 15 is 0 Å². The highest BCUT2D eigenvalue weighted by atomic mass is 35.7. The molecule has 1 aromatic rings. The summed E-state index contributed by atoms with van der Waals surface area (Å²) in [7, 11) is 2.73. The second-order valence-electron chi connectivity index (χ2n) is 5.14. The van der Waals surface area contributed by atoms with Gasteiger partial charge in [0, 0.05) is 22.8 Å². The minimum absolute atomic E-state index is 0.121. The molecule has 0 aromatic heterocycles. The first-order valence-electron chi connectivity index (χ1n) is 6.82. The highest BCUT2D eigenvalue weighted by Crippen LogP contribution is 2.33. The molecule has 1 amide bonds. The summed E-state index contributed by atoms with van der Waals surface area (Å²) >= 11 is 0. The second kappa shape index (κ2) is 6.66. The normalized spacial score (nSPS) is 14.8. The number of amides is 1. The van der Waals surface area contributed by atoms with Crippen LogP contribution in [0.25, 0.3) is 0 Å². The number of halogens is 1. The molecule has 0 spiro atoms. The minimum atomic E-state index is -3.96. The number of carbonyl (C=O) groups excluding carboxylic acids is 1. The van der Waals surface area contributed by atoms with Crippen LogP contribution >= 0.6 is 10.7 Å². The standard InChI is InChI=1S/C14H18ClNO4S/c1-20-12-7-6-11(9-13(12)21(15,18)19)14(17)16-8-2-3-10-4-5-10/h6-7,9-10H,2-5,8H2,1H3,(H,16,17). The number of rotatable bonds is 7. The summed E-state index contributed by atoms with van der Waals surface area (Å²) in [5.41, 5.74) is 0.251. The van der Waals surface area contributed by atoms with Gasteiger partial charge in [0.1, 0.15) is 10.6 Å². The van der Waals surface area contributed by atoms with Crippen LogP contribution in [0.3, 0.4) is 0 Å². The second-order valence-corrected chi connectivity index (χ2v) is 7.68. The molecule has 1 N–H and O–H groups in total. The van der Waals surface area contributed by atoms with Gasteiger partial charge in [0.25, 0.3) is 15.0 Å². The smallest absolute Gasteiger partial charge is 0.265 e. The molecule has 7 heteroatoms. The first-order chi connectivity index (χ1) is 9.91. The van der Waals surface area contributed by atoms with Crippen LogP contribution in [0.1, 0.15) is 36.0 Å². The van der Waals surface area contributed by atoms with E-state index < -0.39 is 9.05 Å². The molecule has 5 nitrogen and oxygen atoms in total. The molecule has 0 radical (unpaired) electrons. The SMILES string of the molecule is COc1ccc(C(=O)NCCCC2CC2)cc1S(=O)(=O)Cl. The molecule has 21 heavy (non-hydrogen) atoms.